The molecule has 1 saturated heterocycles. The van der Waals surface area contributed by atoms with Crippen LogP contribution in [0.15, 0.2) is 24.3 Å². The summed E-state index contributed by atoms with van der Waals surface area (Å²) < 4.78 is 15.4. The lowest BCUT2D eigenvalue weighted by Gasteiger charge is -2.40. The van der Waals surface area contributed by atoms with E-state index in [4.69, 9.17) is 19.3 Å². The summed E-state index contributed by atoms with van der Waals surface area (Å²) in [5.41, 5.74) is 0.425. The van der Waals surface area contributed by atoms with Gasteiger partial charge < -0.3 is 50.0 Å². The van der Waals surface area contributed by atoms with Crippen LogP contribution in [0.2, 0.25) is 0 Å². The summed E-state index contributed by atoms with van der Waals surface area (Å²) in [6.07, 6.45) is -6.24. The molecule has 0 bridgehead atoms. The van der Waals surface area contributed by atoms with E-state index in [9.17, 15) is 35.4 Å². The van der Waals surface area contributed by atoms with Crippen molar-refractivity contribution in [1.82, 2.24) is 0 Å². The molecule has 0 spiro atoms. The quantitative estimate of drug-likeness (QED) is 0.139. The average Bonchev–Trinajstić information content (AvgIpc) is 2.71. The minimum atomic E-state index is -1.65. The molecule has 1 heterocycles. The Balaban J connectivity index is 1.88. The summed E-state index contributed by atoms with van der Waals surface area (Å²) in [5.74, 6) is -1.46. The molecule has 0 aliphatic carbocycles. The molecule has 162 valence electrons. The van der Waals surface area contributed by atoms with Crippen molar-refractivity contribution in [3.63, 3.8) is 0 Å². The van der Waals surface area contributed by atoms with Gasteiger partial charge in [0.1, 0.15) is 37.1 Å². The van der Waals surface area contributed by atoms with Crippen LogP contribution in [0.4, 0.5) is 0 Å². The van der Waals surface area contributed by atoms with Crippen molar-refractivity contribution in [3.05, 3.63) is 29.8 Å². The Bertz CT molecular complexity index is 705. The Morgan fingerprint density at radius 3 is 2.45 bits per heavy atom. The molecule has 1 fully saturated rings. The van der Waals surface area contributed by atoms with E-state index in [2.05, 4.69) is 0 Å². The highest BCUT2D eigenvalue weighted by Gasteiger charge is 2.44. The smallest absolute Gasteiger partial charge is 0.330 e. The van der Waals surface area contributed by atoms with E-state index in [-0.39, 0.29) is 11.5 Å². The number of hydrogen-bond donors (Lipinski definition) is 7. The molecule has 1 aliphatic rings. The van der Waals surface area contributed by atoms with Gasteiger partial charge in [-0.1, -0.05) is 6.07 Å². The van der Waals surface area contributed by atoms with Gasteiger partial charge in [0.25, 0.3) is 0 Å². The van der Waals surface area contributed by atoms with Crippen LogP contribution < -0.4 is 0 Å². The normalized spacial score (nSPS) is 28.4. The lowest BCUT2D eigenvalue weighted by Crippen LogP contribution is -2.60. The topological polar surface area (TPSA) is 186 Å². The third-order valence-electron chi connectivity index (χ3n) is 4.20. The maximum atomic E-state index is 11.8. The number of phenolic OH excluding ortho intramolecular Hbond substituents is 2. The molecule has 1 aliphatic heterocycles. The second kappa shape index (κ2) is 10.5. The Kier molecular flexibility index (Phi) is 8.34. The van der Waals surface area contributed by atoms with Crippen LogP contribution in [0.5, 0.6) is 11.5 Å². The number of ether oxygens (including phenoxy) is 3. The molecule has 0 unspecified atom stereocenters. The van der Waals surface area contributed by atoms with Crippen molar-refractivity contribution in [2.75, 3.05) is 19.8 Å². The van der Waals surface area contributed by atoms with Gasteiger partial charge in [-0.25, -0.2) is 4.79 Å². The van der Waals surface area contributed by atoms with Crippen LogP contribution in [-0.4, -0.2) is 98.3 Å². The number of carbonyl (C=O) groups is 1. The second-order valence-electron chi connectivity index (χ2n) is 6.35. The van der Waals surface area contributed by atoms with Gasteiger partial charge in [0.2, 0.25) is 0 Å². The first kappa shape index (κ1) is 23.0. The SMILES string of the molecule is O=C(/C=C/c1ccc(O)c(O)c1)OC[C@H](CO)O[C@@H]1O[C@H](CO)[C@@H](O)[C@H](O)[C@H]1O. The van der Waals surface area contributed by atoms with Crippen LogP contribution in [0.25, 0.3) is 6.08 Å². The fourth-order valence-corrected chi connectivity index (χ4v) is 2.54. The largest absolute Gasteiger partial charge is 0.504 e. The monoisotopic (exact) mass is 416 g/mol. The van der Waals surface area contributed by atoms with E-state index in [0.29, 0.717) is 5.56 Å². The molecule has 6 atom stereocenters. The second-order valence-corrected chi connectivity index (χ2v) is 6.35. The lowest BCUT2D eigenvalue weighted by molar-refractivity contribution is -0.315. The summed E-state index contributed by atoms with van der Waals surface area (Å²) in [6.45, 7) is -1.67. The molecule has 0 amide bonds. The molecule has 0 radical (unpaired) electrons. The van der Waals surface area contributed by atoms with Crippen molar-refractivity contribution in [2.24, 2.45) is 0 Å². The number of carbonyl (C=O) groups excluding carboxylic acids is 1. The van der Waals surface area contributed by atoms with Gasteiger partial charge in [-0.05, 0) is 23.8 Å². The molecule has 1 aromatic rings. The zero-order valence-corrected chi connectivity index (χ0v) is 15.2. The van der Waals surface area contributed by atoms with E-state index >= 15 is 0 Å². The molecule has 7 N–H and O–H groups in total. The van der Waals surface area contributed by atoms with Crippen LogP contribution in [-0.2, 0) is 19.0 Å². The Morgan fingerprint density at radius 1 is 1.10 bits per heavy atom. The summed E-state index contributed by atoms with van der Waals surface area (Å²) in [4.78, 5) is 11.8. The van der Waals surface area contributed by atoms with E-state index in [1.807, 2.05) is 0 Å². The molecule has 0 saturated carbocycles. The van der Waals surface area contributed by atoms with Crippen LogP contribution in [0.1, 0.15) is 5.56 Å². The first-order valence-electron chi connectivity index (χ1n) is 8.70. The van der Waals surface area contributed by atoms with Gasteiger partial charge in [0.15, 0.2) is 17.8 Å². The zero-order valence-electron chi connectivity index (χ0n) is 15.2. The number of benzene rings is 1. The maximum absolute atomic E-state index is 11.8. The minimum absolute atomic E-state index is 0.305. The Hall–Kier alpha value is -2.25. The van der Waals surface area contributed by atoms with Crippen molar-refractivity contribution in [1.29, 1.82) is 0 Å². The first-order valence-corrected chi connectivity index (χ1v) is 8.70. The summed E-state index contributed by atoms with van der Waals surface area (Å²) >= 11 is 0. The van der Waals surface area contributed by atoms with Gasteiger partial charge in [-0.2, -0.15) is 0 Å². The summed E-state index contributed by atoms with van der Waals surface area (Å²) in [7, 11) is 0. The number of aliphatic hydroxyl groups is 5. The maximum Gasteiger partial charge on any atom is 0.330 e. The van der Waals surface area contributed by atoms with Crippen molar-refractivity contribution in [2.45, 2.75) is 36.8 Å². The summed E-state index contributed by atoms with van der Waals surface area (Å²) in [6, 6.07) is 3.94. The standard InChI is InChI=1S/C18H24O11/c19-6-10(28-18-17(26)16(25)15(24)13(7-20)29-18)8-27-14(23)4-2-9-1-3-11(21)12(22)5-9/h1-5,10,13,15-22,24-26H,6-8H2/b4-2+/t10-,13+,15+,16-,17+,18+/m0/s1. The van der Waals surface area contributed by atoms with Crippen molar-refractivity contribution >= 4 is 12.0 Å². The number of aromatic hydroxyl groups is 2. The fourth-order valence-electron chi connectivity index (χ4n) is 2.54. The van der Waals surface area contributed by atoms with Crippen molar-refractivity contribution < 1.29 is 54.8 Å². The van der Waals surface area contributed by atoms with Gasteiger partial charge in [-0.3, -0.25) is 0 Å². The Labute approximate surface area is 165 Å². The number of hydrogen-bond acceptors (Lipinski definition) is 11. The van der Waals surface area contributed by atoms with E-state index in [1.165, 1.54) is 24.3 Å². The highest BCUT2D eigenvalue weighted by atomic mass is 16.7. The number of aliphatic hydroxyl groups excluding tert-OH is 5. The molecular formula is C18H24O11. The minimum Gasteiger partial charge on any atom is -0.504 e. The fraction of sp³-hybridized carbons (Fsp3) is 0.500. The highest BCUT2D eigenvalue weighted by molar-refractivity contribution is 5.87. The average molecular weight is 416 g/mol. The number of rotatable bonds is 8. The van der Waals surface area contributed by atoms with E-state index < -0.39 is 62.6 Å². The van der Waals surface area contributed by atoms with Crippen LogP contribution >= 0.6 is 0 Å². The number of esters is 1. The predicted octanol–water partition coefficient (Wildman–Crippen LogP) is -2.17. The molecule has 1 aromatic carbocycles. The van der Waals surface area contributed by atoms with Gasteiger partial charge in [0.05, 0.1) is 13.2 Å². The third kappa shape index (κ3) is 6.11. The van der Waals surface area contributed by atoms with Gasteiger partial charge >= 0.3 is 5.97 Å². The van der Waals surface area contributed by atoms with Crippen LogP contribution in [0, 0.1) is 0 Å². The lowest BCUT2D eigenvalue weighted by atomic mass is 9.99. The third-order valence-corrected chi connectivity index (χ3v) is 4.20. The Morgan fingerprint density at radius 2 is 1.83 bits per heavy atom. The summed E-state index contributed by atoms with van der Waals surface area (Å²) in [5, 5.41) is 66.5. The first-order chi connectivity index (χ1) is 13.8. The highest BCUT2D eigenvalue weighted by Crippen LogP contribution is 2.25. The number of phenols is 2. The molecular weight excluding hydrogens is 392 g/mol. The predicted molar refractivity (Wildman–Crippen MR) is 95.5 cm³/mol. The molecule has 2 rings (SSSR count). The van der Waals surface area contributed by atoms with E-state index in [0.717, 1.165) is 6.08 Å². The van der Waals surface area contributed by atoms with Gasteiger partial charge in [-0.15, -0.1) is 0 Å². The van der Waals surface area contributed by atoms with E-state index in [1.54, 1.807) is 0 Å². The van der Waals surface area contributed by atoms with Crippen molar-refractivity contribution in [3.8, 4) is 11.5 Å². The molecule has 11 heteroatoms. The molecule has 11 nitrogen and oxygen atoms in total. The molecule has 0 aromatic heterocycles. The zero-order chi connectivity index (χ0) is 21.6. The molecule has 29 heavy (non-hydrogen) atoms. The van der Waals surface area contributed by atoms with Gasteiger partial charge in [0, 0.05) is 6.08 Å². The van der Waals surface area contributed by atoms with Crippen LogP contribution in [0.3, 0.4) is 0 Å².